The molecule has 0 bridgehead atoms. The van der Waals surface area contributed by atoms with E-state index in [1.807, 2.05) is 0 Å². The maximum Gasteiger partial charge on any atom is 0.0730 e. The Morgan fingerprint density at radius 2 is 2.11 bits per heavy atom. The average molecular weight is 255 g/mol. The molecule has 1 heterocycles. The lowest BCUT2D eigenvalue weighted by Crippen LogP contribution is -2.44. The molecule has 2 fully saturated rings. The van der Waals surface area contributed by atoms with Crippen molar-refractivity contribution in [3.8, 4) is 0 Å². The minimum absolute atomic E-state index is 0.417. The highest BCUT2D eigenvalue weighted by Gasteiger charge is 2.30. The number of hydrogen-bond acceptors (Lipinski definition) is 3. The lowest BCUT2D eigenvalue weighted by atomic mass is 9.81. The summed E-state index contributed by atoms with van der Waals surface area (Å²) in [6.45, 7) is 5.00. The Labute approximate surface area is 112 Å². The predicted octanol–water partition coefficient (Wildman–Crippen LogP) is 2.60. The van der Waals surface area contributed by atoms with Gasteiger partial charge in [0.1, 0.15) is 0 Å². The molecule has 1 N–H and O–H groups in total. The van der Waals surface area contributed by atoms with Crippen LogP contribution < -0.4 is 5.32 Å². The fourth-order valence-corrected chi connectivity index (χ4v) is 3.37. The second-order valence-corrected chi connectivity index (χ2v) is 5.96. The van der Waals surface area contributed by atoms with E-state index in [1.165, 1.54) is 38.5 Å². The molecule has 18 heavy (non-hydrogen) atoms. The van der Waals surface area contributed by atoms with Crippen LogP contribution in [0.4, 0.5) is 0 Å². The Kier molecular flexibility index (Phi) is 5.93. The van der Waals surface area contributed by atoms with Crippen molar-refractivity contribution >= 4 is 0 Å². The van der Waals surface area contributed by atoms with E-state index < -0.39 is 0 Å². The summed E-state index contributed by atoms with van der Waals surface area (Å²) < 4.78 is 11.6. The van der Waals surface area contributed by atoms with Gasteiger partial charge >= 0.3 is 0 Å². The first-order valence-corrected chi connectivity index (χ1v) is 7.70. The standard InChI is InChI=1S/C15H29NO2/c1-3-4-12-5-6-14(16-2)15(9-12)18-11-13-7-8-17-10-13/h12-16H,3-11H2,1-2H3. The lowest BCUT2D eigenvalue weighted by molar-refractivity contribution is -0.0258. The van der Waals surface area contributed by atoms with Crippen LogP contribution in [0.15, 0.2) is 0 Å². The summed E-state index contributed by atoms with van der Waals surface area (Å²) in [7, 11) is 2.07. The third kappa shape index (κ3) is 3.94. The molecule has 3 heteroatoms. The number of rotatable bonds is 6. The molecule has 0 spiro atoms. The van der Waals surface area contributed by atoms with Gasteiger partial charge in [0.2, 0.25) is 0 Å². The Morgan fingerprint density at radius 3 is 2.78 bits per heavy atom. The van der Waals surface area contributed by atoms with E-state index in [1.54, 1.807) is 0 Å². The molecule has 1 aliphatic heterocycles. The van der Waals surface area contributed by atoms with Crippen LogP contribution in [0, 0.1) is 11.8 Å². The first-order chi connectivity index (χ1) is 8.83. The van der Waals surface area contributed by atoms with E-state index in [0.29, 0.717) is 18.1 Å². The first kappa shape index (κ1) is 14.3. The molecular weight excluding hydrogens is 226 g/mol. The SMILES string of the molecule is CCCC1CCC(NC)C(OCC2CCOC2)C1. The minimum atomic E-state index is 0.417. The molecule has 3 nitrogen and oxygen atoms in total. The van der Waals surface area contributed by atoms with Gasteiger partial charge in [-0.1, -0.05) is 19.8 Å². The zero-order valence-electron chi connectivity index (χ0n) is 12.0. The molecule has 4 atom stereocenters. The van der Waals surface area contributed by atoms with Crippen LogP contribution in [-0.2, 0) is 9.47 Å². The van der Waals surface area contributed by atoms with E-state index in [-0.39, 0.29) is 0 Å². The van der Waals surface area contributed by atoms with Gasteiger partial charge in [0.05, 0.1) is 19.3 Å². The van der Waals surface area contributed by atoms with Crippen molar-refractivity contribution in [2.45, 2.75) is 57.6 Å². The van der Waals surface area contributed by atoms with Crippen molar-refractivity contribution in [1.82, 2.24) is 5.32 Å². The zero-order valence-corrected chi connectivity index (χ0v) is 12.0. The Hall–Kier alpha value is -0.120. The summed E-state index contributed by atoms with van der Waals surface area (Å²) in [5, 5.41) is 3.44. The lowest BCUT2D eigenvalue weighted by Gasteiger charge is -2.36. The molecular formula is C15H29NO2. The summed E-state index contributed by atoms with van der Waals surface area (Å²) in [4.78, 5) is 0. The third-order valence-corrected chi connectivity index (χ3v) is 4.54. The highest BCUT2D eigenvalue weighted by atomic mass is 16.5. The van der Waals surface area contributed by atoms with Gasteiger partial charge in [-0.2, -0.15) is 0 Å². The van der Waals surface area contributed by atoms with E-state index >= 15 is 0 Å². The van der Waals surface area contributed by atoms with Crippen molar-refractivity contribution < 1.29 is 9.47 Å². The van der Waals surface area contributed by atoms with Gasteiger partial charge in [-0.3, -0.25) is 0 Å². The quantitative estimate of drug-likeness (QED) is 0.791. The second kappa shape index (κ2) is 7.46. The molecule has 1 saturated carbocycles. The van der Waals surface area contributed by atoms with Crippen molar-refractivity contribution in [2.75, 3.05) is 26.9 Å². The van der Waals surface area contributed by atoms with Crippen LogP contribution >= 0.6 is 0 Å². The van der Waals surface area contributed by atoms with Gasteiger partial charge in [0.25, 0.3) is 0 Å². The van der Waals surface area contributed by atoms with Gasteiger partial charge in [0, 0.05) is 18.6 Å². The maximum absolute atomic E-state index is 6.20. The third-order valence-electron chi connectivity index (χ3n) is 4.54. The van der Waals surface area contributed by atoms with Crippen LogP contribution in [0.25, 0.3) is 0 Å². The Bertz CT molecular complexity index is 229. The van der Waals surface area contributed by atoms with Gasteiger partial charge in [-0.05, 0) is 38.6 Å². The van der Waals surface area contributed by atoms with E-state index in [4.69, 9.17) is 9.47 Å². The van der Waals surface area contributed by atoms with Crippen molar-refractivity contribution in [2.24, 2.45) is 11.8 Å². The van der Waals surface area contributed by atoms with Crippen LogP contribution in [0.5, 0.6) is 0 Å². The number of hydrogen-bond donors (Lipinski definition) is 1. The minimum Gasteiger partial charge on any atom is -0.381 e. The van der Waals surface area contributed by atoms with Crippen molar-refractivity contribution in [3.05, 3.63) is 0 Å². The van der Waals surface area contributed by atoms with Crippen LogP contribution in [-0.4, -0.2) is 39.0 Å². The molecule has 0 amide bonds. The van der Waals surface area contributed by atoms with Gasteiger partial charge in [-0.25, -0.2) is 0 Å². The average Bonchev–Trinajstić information content (AvgIpc) is 2.90. The van der Waals surface area contributed by atoms with Crippen LogP contribution in [0.3, 0.4) is 0 Å². The van der Waals surface area contributed by atoms with Gasteiger partial charge in [0.15, 0.2) is 0 Å². The monoisotopic (exact) mass is 255 g/mol. The van der Waals surface area contributed by atoms with E-state index in [2.05, 4.69) is 19.3 Å². The summed E-state index contributed by atoms with van der Waals surface area (Å²) in [5.74, 6) is 1.51. The number of ether oxygens (including phenoxy) is 2. The summed E-state index contributed by atoms with van der Waals surface area (Å²) in [6, 6.07) is 0.556. The number of likely N-dealkylation sites (N-methyl/N-ethyl adjacent to an activating group) is 1. The molecule has 0 aromatic carbocycles. The highest BCUT2D eigenvalue weighted by Crippen LogP contribution is 2.30. The molecule has 0 aromatic rings. The van der Waals surface area contributed by atoms with E-state index in [9.17, 15) is 0 Å². The molecule has 0 radical (unpaired) electrons. The Morgan fingerprint density at radius 1 is 1.22 bits per heavy atom. The largest absolute Gasteiger partial charge is 0.381 e. The molecule has 4 unspecified atom stereocenters. The molecule has 0 aromatic heterocycles. The fourth-order valence-electron chi connectivity index (χ4n) is 3.37. The zero-order chi connectivity index (χ0) is 12.8. The van der Waals surface area contributed by atoms with Crippen molar-refractivity contribution in [1.29, 1.82) is 0 Å². The fraction of sp³-hybridized carbons (Fsp3) is 1.00. The highest BCUT2D eigenvalue weighted by molar-refractivity contribution is 4.85. The summed E-state index contributed by atoms with van der Waals surface area (Å²) in [6.07, 6.45) is 8.14. The summed E-state index contributed by atoms with van der Waals surface area (Å²) in [5.41, 5.74) is 0. The predicted molar refractivity (Wildman–Crippen MR) is 73.8 cm³/mol. The molecule has 2 rings (SSSR count). The molecule has 1 saturated heterocycles. The maximum atomic E-state index is 6.20. The Balaban J connectivity index is 1.77. The molecule has 2 aliphatic rings. The first-order valence-electron chi connectivity index (χ1n) is 7.70. The van der Waals surface area contributed by atoms with Gasteiger partial charge in [-0.15, -0.1) is 0 Å². The molecule has 1 aliphatic carbocycles. The normalized spacial score (nSPS) is 37.0. The van der Waals surface area contributed by atoms with Crippen LogP contribution in [0.2, 0.25) is 0 Å². The smallest absolute Gasteiger partial charge is 0.0730 e. The second-order valence-electron chi connectivity index (χ2n) is 5.96. The van der Waals surface area contributed by atoms with E-state index in [0.717, 1.165) is 25.7 Å². The summed E-state index contributed by atoms with van der Waals surface area (Å²) >= 11 is 0. The number of nitrogens with one attached hydrogen (secondary N) is 1. The topological polar surface area (TPSA) is 30.5 Å². The van der Waals surface area contributed by atoms with Crippen LogP contribution in [0.1, 0.15) is 45.4 Å². The molecule has 106 valence electrons. The van der Waals surface area contributed by atoms with Gasteiger partial charge < -0.3 is 14.8 Å². The van der Waals surface area contributed by atoms with Crippen molar-refractivity contribution in [3.63, 3.8) is 0 Å².